The molecule has 3 nitrogen and oxygen atoms in total. The van der Waals surface area contributed by atoms with Crippen LogP contribution in [0.3, 0.4) is 0 Å². The van der Waals surface area contributed by atoms with Gasteiger partial charge in [0.2, 0.25) is 0 Å². The lowest BCUT2D eigenvalue weighted by molar-refractivity contribution is 0.183. The van der Waals surface area contributed by atoms with Crippen molar-refractivity contribution < 1.29 is 5.11 Å². The van der Waals surface area contributed by atoms with E-state index in [1.165, 1.54) is 0 Å². The number of thiazole rings is 1. The van der Waals surface area contributed by atoms with Gasteiger partial charge < -0.3 is 10.4 Å². The minimum Gasteiger partial charge on any atom is -0.393 e. The van der Waals surface area contributed by atoms with E-state index in [1.807, 2.05) is 6.92 Å². The normalized spacial score (nSPS) is 14.1. The maximum absolute atomic E-state index is 9.11. The van der Waals surface area contributed by atoms with E-state index in [0.717, 1.165) is 30.2 Å². The molecule has 1 heterocycles. The summed E-state index contributed by atoms with van der Waals surface area (Å²) in [6, 6.07) is 0. The number of nitrogens with one attached hydrogen (secondary N) is 1. The van der Waals surface area contributed by atoms with E-state index in [1.54, 1.807) is 11.3 Å². The Morgan fingerprint density at radius 1 is 1.50 bits per heavy atom. The van der Waals surface area contributed by atoms with Crippen LogP contribution in [0.1, 0.15) is 44.8 Å². The smallest absolute Gasteiger partial charge is 0.107 e. The van der Waals surface area contributed by atoms with E-state index >= 15 is 0 Å². The summed E-state index contributed by atoms with van der Waals surface area (Å²) >= 11 is 1.70. The monoisotopic (exact) mass is 242 g/mol. The SMILES string of the molecule is CC(O)CCNCc1nc(C(C)(C)C)cs1. The highest BCUT2D eigenvalue weighted by molar-refractivity contribution is 7.09. The summed E-state index contributed by atoms with van der Waals surface area (Å²) in [4.78, 5) is 4.59. The molecule has 0 fully saturated rings. The molecule has 1 rings (SSSR count). The molecule has 0 amide bonds. The summed E-state index contributed by atoms with van der Waals surface area (Å²) in [6.07, 6.45) is 0.561. The predicted octanol–water partition coefficient (Wildman–Crippen LogP) is 2.30. The highest BCUT2D eigenvalue weighted by Crippen LogP contribution is 2.23. The third kappa shape index (κ3) is 4.60. The van der Waals surface area contributed by atoms with E-state index < -0.39 is 0 Å². The lowest BCUT2D eigenvalue weighted by Crippen LogP contribution is -2.19. The Labute approximate surface area is 102 Å². The largest absolute Gasteiger partial charge is 0.393 e. The van der Waals surface area contributed by atoms with Crippen LogP contribution < -0.4 is 5.32 Å². The minimum absolute atomic E-state index is 0.133. The molecule has 2 N–H and O–H groups in total. The van der Waals surface area contributed by atoms with Crippen LogP contribution in [-0.4, -0.2) is 22.7 Å². The lowest BCUT2D eigenvalue weighted by atomic mass is 9.93. The maximum Gasteiger partial charge on any atom is 0.107 e. The van der Waals surface area contributed by atoms with Gasteiger partial charge in [0, 0.05) is 17.3 Å². The van der Waals surface area contributed by atoms with Gasteiger partial charge in [-0.05, 0) is 19.9 Å². The summed E-state index contributed by atoms with van der Waals surface area (Å²) in [7, 11) is 0. The first-order chi connectivity index (χ1) is 7.39. The molecule has 0 spiro atoms. The van der Waals surface area contributed by atoms with E-state index in [4.69, 9.17) is 5.11 Å². The summed E-state index contributed by atoms with van der Waals surface area (Å²) in [5.74, 6) is 0. The zero-order valence-electron chi connectivity index (χ0n) is 10.6. The number of nitrogens with zero attached hydrogens (tertiary/aromatic N) is 1. The summed E-state index contributed by atoms with van der Waals surface area (Å²) in [5.41, 5.74) is 1.29. The summed E-state index contributed by atoms with van der Waals surface area (Å²) < 4.78 is 0. The molecule has 4 heteroatoms. The zero-order chi connectivity index (χ0) is 12.2. The van der Waals surface area contributed by atoms with Gasteiger partial charge in [0.25, 0.3) is 0 Å². The van der Waals surface area contributed by atoms with Crippen molar-refractivity contribution >= 4 is 11.3 Å². The Balaban J connectivity index is 2.36. The molecule has 0 saturated heterocycles. The molecule has 0 aliphatic carbocycles. The van der Waals surface area contributed by atoms with Crippen molar-refractivity contribution in [2.75, 3.05) is 6.54 Å². The number of aliphatic hydroxyl groups is 1. The van der Waals surface area contributed by atoms with Gasteiger partial charge in [-0.15, -0.1) is 11.3 Å². The molecule has 0 bridgehead atoms. The molecule has 92 valence electrons. The van der Waals surface area contributed by atoms with Gasteiger partial charge in [0.05, 0.1) is 11.8 Å². The first-order valence-electron chi connectivity index (χ1n) is 5.73. The standard InChI is InChI=1S/C12H22N2OS/c1-9(15)5-6-13-7-11-14-10(8-16-11)12(2,3)4/h8-9,13,15H,5-7H2,1-4H3. The van der Waals surface area contributed by atoms with Gasteiger partial charge in [0.15, 0.2) is 0 Å². The first kappa shape index (κ1) is 13.6. The Bertz CT molecular complexity index is 315. The molecular weight excluding hydrogens is 220 g/mol. The van der Waals surface area contributed by atoms with E-state index in [-0.39, 0.29) is 11.5 Å². The van der Waals surface area contributed by atoms with Gasteiger partial charge in [-0.3, -0.25) is 0 Å². The Morgan fingerprint density at radius 2 is 2.19 bits per heavy atom. The van der Waals surface area contributed by atoms with Gasteiger partial charge in [-0.1, -0.05) is 20.8 Å². The average Bonchev–Trinajstić information content (AvgIpc) is 2.59. The van der Waals surface area contributed by atoms with Crippen molar-refractivity contribution in [2.45, 2.75) is 52.2 Å². The third-order valence-corrected chi connectivity index (χ3v) is 3.18. The fourth-order valence-corrected chi connectivity index (χ4v) is 2.23. The van der Waals surface area contributed by atoms with Crippen LogP contribution in [0.25, 0.3) is 0 Å². The number of aromatic nitrogens is 1. The molecule has 1 unspecified atom stereocenters. The molecule has 0 aliphatic rings. The number of hydrogen-bond donors (Lipinski definition) is 2. The van der Waals surface area contributed by atoms with Crippen LogP contribution in [0.15, 0.2) is 5.38 Å². The molecule has 0 radical (unpaired) electrons. The van der Waals surface area contributed by atoms with Crippen LogP contribution in [0.4, 0.5) is 0 Å². The van der Waals surface area contributed by atoms with Gasteiger partial charge >= 0.3 is 0 Å². The third-order valence-electron chi connectivity index (χ3n) is 2.34. The summed E-state index contributed by atoms with van der Waals surface area (Å²) in [6.45, 7) is 9.96. The Hall–Kier alpha value is -0.450. The second-order valence-electron chi connectivity index (χ2n) is 5.19. The van der Waals surface area contributed by atoms with Crippen molar-refractivity contribution in [3.05, 3.63) is 16.1 Å². The second kappa shape index (κ2) is 5.75. The van der Waals surface area contributed by atoms with Crippen molar-refractivity contribution in [3.8, 4) is 0 Å². The van der Waals surface area contributed by atoms with Crippen molar-refractivity contribution in [3.63, 3.8) is 0 Å². The van der Waals surface area contributed by atoms with E-state index in [9.17, 15) is 0 Å². The van der Waals surface area contributed by atoms with Gasteiger partial charge in [0.1, 0.15) is 5.01 Å². The van der Waals surface area contributed by atoms with Crippen LogP contribution in [0.5, 0.6) is 0 Å². The van der Waals surface area contributed by atoms with Crippen molar-refractivity contribution in [1.29, 1.82) is 0 Å². The molecular formula is C12H22N2OS. The molecule has 0 aliphatic heterocycles. The molecule has 0 saturated carbocycles. The fraction of sp³-hybridized carbons (Fsp3) is 0.750. The number of rotatable bonds is 5. The van der Waals surface area contributed by atoms with Crippen molar-refractivity contribution in [1.82, 2.24) is 10.3 Å². The Morgan fingerprint density at radius 3 is 2.69 bits per heavy atom. The highest BCUT2D eigenvalue weighted by atomic mass is 32.1. The van der Waals surface area contributed by atoms with Crippen LogP contribution in [-0.2, 0) is 12.0 Å². The zero-order valence-corrected chi connectivity index (χ0v) is 11.4. The number of aliphatic hydroxyl groups excluding tert-OH is 1. The topological polar surface area (TPSA) is 45.1 Å². The molecule has 1 aromatic heterocycles. The van der Waals surface area contributed by atoms with Crippen molar-refractivity contribution in [2.24, 2.45) is 0 Å². The second-order valence-corrected chi connectivity index (χ2v) is 6.13. The lowest BCUT2D eigenvalue weighted by Gasteiger charge is -2.14. The van der Waals surface area contributed by atoms with Crippen LogP contribution >= 0.6 is 11.3 Å². The highest BCUT2D eigenvalue weighted by Gasteiger charge is 2.16. The molecule has 1 aromatic rings. The Kier molecular flexibility index (Phi) is 4.89. The fourth-order valence-electron chi connectivity index (χ4n) is 1.24. The molecule has 16 heavy (non-hydrogen) atoms. The molecule has 1 atom stereocenters. The summed E-state index contributed by atoms with van der Waals surface area (Å²) in [5, 5.41) is 15.6. The average molecular weight is 242 g/mol. The first-order valence-corrected chi connectivity index (χ1v) is 6.61. The quantitative estimate of drug-likeness (QED) is 0.779. The molecule has 0 aromatic carbocycles. The van der Waals surface area contributed by atoms with E-state index in [0.29, 0.717) is 0 Å². The maximum atomic E-state index is 9.11. The van der Waals surface area contributed by atoms with Crippen LogP contribution in [0.2, 0.25) is 0 Å². The minimum atomic E-state index is -0.228. The van der Waals surface area contributed by atoms with E-state index in [2.05, 4.69) is 36.5 Å². The van der Waals surface area contributed by atoms with Gasteiger partial charge in [-0.2, -0.15) is 0 Å². The van der Waals surface area contributed by atoms with Gasteiger partial charge in [-0.25, -0.2) is 4.98 Å². The number of hydrogen-bond acceptors (Lipinski definition) is 4. The van der Waals surface area contributed by atoms with Crippen LogP contribution in [0, 0.1) is 0 Å². The predicted molar refractivity (Wildman–Crippen MR) is 68.8 cm³/mol.